The monoisotopic (exact) mass is 501 g/mol. The summed E-state index contributed by atoms with van der Waals surface area (Å²) in [6.07, 6.45) is 1.15. The van der Waals surface area contributed by atoms with Gasteiger partial charge in [-0.15, -0.1) is 0 Å². The summed E-state index contributed by atoms with van der Waals surface area (Å²) in [5.74, 6) is -0.365. The Bertz CT molecular complexity index is 1630. The number of nitrogen functional groups attached to an aromatic ring is 2. The molecule has 0 aliphatic heterocycles. The summed E-state index contributed by atoms with van der Waals surface area (Å²) in [5.41, 5.74) is 14.8. The Morgan fingerprint density at radius 3 is 2.38 bits per heavy atom. The molecule has 12 heteroatoms. The molecule has 0 saturated heterocycles. The minimum atomic E-state index is -0.606. The van der Waals surface area contributed by atoms with Crippen molar-refractivity contribution in [2.75, 3.05) is 11.5 Å². The van der Waals surface area contributed by atoms with Crippen LogP contribution in [0.3, 0.4) is 0 Å². The second kappa shape index (κ2) is 9.22. The first-order chi connectivity index (χ1) is 17.7. The normalized spacial score (nSPS) is 11.4. The maximum atomic E-state index is 14.3. The first-order valence-corrected chi connectivity index (χ1v) is 11.0. The van der Waals surface area contributed by atoms with Crippen LogP contribution in [0.15, 0.2) is 60.8 Å². The van der Waals surface area contributed by atoms with Gasteiger partial charge in [0.1, 0.15) is 28.8 Å². The van der Waals surface area contributed by atoms with E-state index in [1.165, 1.54) is 28.9 Å². The Labute approximate surface area is 208 Å². The average molecular weight is 501 g/mol. The lowest BCUT2D eigenvalue weighted by molar-refractivity contribution is -0.384. The van der Waals surface area contributed by atoms with E-state index in [2.05, 4.69) is 20.1 Å². The predicted molar refractivity (Wildman–Crippen MR) is 133 cm³/mol. The van der Waals surface area contributed by atoms with Crippen LogP contribution in [0.1, 0.15) is 29.3 Å². The third-order valence-electron chi connectivity index (χ3n) is 5.90. The second-order valence-corrected chi connectivity index (χ2v) is 8.25. The van der Waals surface area contributed by atoms with E-state index in [4.69, 9.17) is 11.5 Å². The standard InChI is InChI=1S/C25H19F2N8O2/c1-13(14-6-8-17(9-7-14)35(36)37)21-23(28)31-25(32-24(21)29)34-20-11-16(26)12-30-22(20)19(33-34)10-15-4-2-3-5-18(15)27/h2-9,11-12H,10H2,1H3,(H4,28,29,31,32). The van der Waals surface area contributed by atoms with Crippen molar-refractivity contribution >= 4 is 28.4 Å². The molecule has 185 valence electrons. The maximum absolute atomic E-state index is 14.3. The summed E-state index contributed by atoms with van der Waals surface area (Å²) >= 11 is 0. The zero-order chi connectivity index (χ0) is 26.3. The van der Waals surface area contributed by atoms with Gasteiger partial charge in [-0.25, -0.2) is 13.8 Å². The molecule has 0 unspecified atom stereocenters. The topological polar surface area (TPSA) is 152 Å². The van der Waals surface area contributed by atoms with E-state index in [0.717, 1.165) is 6.20 Å². The number of nitrogens with two attached hydrogens (primary N) is 2. The molecule has 0 aliphatic rings. The van der Waals surface area contributed by atoms with Crippen LogP contribution in [-0.4, -0.2) is 29.7 Å². The largest absolute Gasteiger partial charge is 0.383 e. The molecule has 0 atom stereocenters. The summed E-state index contributed by atoms with van der Waals surface area (Å²) in [7, 11) is 0. The van der Waals surface area contributed by atoms with Gasteiger partial charge < -0.3 is 11.5 Å². The maximum Gasteiger partial charge on any atom is 0.269 e. The Balaban J connectivity index is 1.57. The molecule has 2 aromatic carbocycles. The number of nitro groups is 1. The van der Waals surface area contributed by atoms with Gasteiger partial charge in [0.2, 0.25) is 0 Å². The van der Waals surface area contributed by atoms with Crippen molar-refractivity contribution in [3.05, 3.63) is 111 Å². The van der Waals surface area contributed by atoms with E-state index in [0.29, 0.717) is 33.8 Å². The summed E-state index contributed by atoms with van der Waals surface area (Å²) in [4.78, 5) is 23.3. The molecule has 0 saturated carbocycles. The van der Waals surface area contributed by atoms with Gasteiger partial charge in [0, 0.05) is 36.1 Å². The summed E-state index contributed by atoms with van der Waals surface area (Å²) in [5, 5.41) is 15.4. The first kappa shape index (κ1) is 23.7. The molecule has 0 amide bonds. The van der Waals surface area contributed by atoms with E-state index in [9.17, 15) is 18.9 Å². The van der Waals surface area contributed by atoms with Crippen molar-refractivity contribution in [2.24, 2.45) is 0 Å². The van der Waals surface area contributed by atoms with Gasteiger partial charge >= 0.3 is 0 Å². The Kier molecular flexibility index (Phi) is 5.91. The molecule has 0 aliphatic carbocycles. The van der Waals surface area contributed by atoms with Crippen LogP contribution >= 0.6 is 0 Å². The molecule has 4 N–H and O–H groups in total. The number of fused-ring (bicyclic) bond motifs is 1. The minimum Gasteiger partial charge on any atom is -0.383 e. The molecular weight excluding hydrogens is 482 g/mol. The SMILES string of the molecule is C[C](c1ccc([N+](=O)[O-])cc1)c1c(N)nc(-n2nc(Cc3ccccc3F)c3ncc(F)cc32)nc1N. The number of halogens is 2. The molecule has 1 radical (unpaired) electrons. The summed E-state index contributed by atoms with van der Waals surface area (Å²) in [6, 6.07) is 13.4. The number of nitro benzene ring substituents is 1. The highest BCUT2D eigenvalue weighted by molar-refractivity contribution is 5.79. The molecule has 10 nitrogen and oxygen atoms in total. The lowest BCUT2D eigenvalue weighted by atomic mass is 9.93. The quantitative estimate of drug-likeness (QED) is 0.260. The minimum absolute atomic E-state index is 0.0209. The number of hydrogen-bond acceptors (Lipinski definition) is 8. The third kappa shape index (κ3) is 4.40. The Morgan fingerprint density at radius 2 is 1.73 bits per heavy atom. The van der Waals surface area contributed by atoms with E-state index < -0.39 is 16.6 Å². The molecule has 37 heavy (non-hydrogen) atoms. The van der Waals surface area contributed by atoms with Crippen molar-refractivity contribution in [1.29, 1.82) is 0 Å². The highest BCUT2D eigenvalue weighted by Gasteiger charge is 2.23. The lowest BCUT2D eigenvalue weighted by Gasteiger charge is -2.16. The number of aromatic nitrogens is 5. The van der Waals surface area contributed by atoms with Gasteiger partial charge in [-0.1, -0.05) is 30.3 Å². The third-order valence-corrected chi connectivity index (χ3v) is 5.90. The number of non-ortho nitro benzene ring substituents is 1. The van der Waals surface area contributed by atoms with Crippen molar-refractivity contribution < 1.29 is 13.7 Å². The van der Waals surface area contributed by atoms with Gasteiger partial charge in [-0.2, -0.15) is 19.7 Å². The number of hydrogen-bond donors (Lipinski definition) is 2. The van der Waals surface area contributed by atoms with Crippen molar-refractivity contribution in [3.8, 4) is 5.95 Å². The highest BCUT2D eigenvalue weighted by Crippen LogP contribution is 2.32. The van der Waals surface area contributed by atoms with Gasteiger partial charge in [-0.05, 0) is 24.1 Å². The molecule has 0 bridgehead atoms. The van der Waals surface area contributed by atoms with Crippen molar-refractivity contribution in [3.63, 3.8) is 0 Å². The van der Waals surface area contributed by atoms with Crippen LogP contribution in [0.25, 0.3) is 17.0 Å². The Hall–Kier alpha value is -5.00. The zero-order valence-corrected chi connectivity index (χ0v) is 19.4. The number of rotatable bonds is 6. The summed E-state index contributed by atoms with van der Waals surface area (Å²) < 4.78 is 29.7. The molecule has 0 fully saturated rings. The number of pyridine rings is 1. The smallest absolute Gasteiger partial charge is 0.269 e. The van der Waals surface area contributed by atoms with Crippen molar-refractivity contribution in [1.82, 2.24) is 24.7 Å². The van der Waals surface area contributed by atoms with Gasteiger partial charge in [-0.3, -0.25) is 10.1 Å². The molecular formula is C25H19F2N8O2. The van der Waals surface area contributed by atoms with E-state index in [1.807, 2.05) is 0 Å². The fourth-order valence-corrected chi connectivity index (χ4v) is 4.07. The average Bonchev–Trinajstić information content (AvgIpc) is 3.22. The van der Waals surface area contributed by atoms with E-state index in [-0.39, 0.29) is 35.2 Å². The molecule has 5 rings (SSSR count). The van der Waals surface area contributed by atoms with Crippen LogP contribution in [0.5, 0.6) is 0 Å². The number of anilines is 2. The van der Waals surface area contributed by atoms with Crippen molar-refractivity contribution in [2.45, 2.75) is 13.3 Å². The highest BCUT2D eigenvalue weighted by atomic mass is 19.1. The van der Waals surface area contributed by atoms with Gasteiger partial charge in [0.25, 0.3) is 11.6 Å². The molecule has 3 heterocycles. The summed E-state index contributed by atoms with van der Waals surface area (Å²) in [6.45, 7) is 1.74. The van der Waals surface area contributed by atoms with E-state index in [1.54, 1.807) is 37.3 Å². The predicted octanol–water partition coefficient (Wildman–Crippen LogP) is 4.14. The van der Waals surface area contributed by atoms with Crippen LogP contribution in [0.2, 0.25) is 0 Å². The molecule has 0 spiro atoms. The number of benzene rings is 2. The zero-order valence-electron chi connectivity index (χ0n) is 19.4. The van der Waals surface area contributed by atoms with Crippen LogP contribution in [-0.2, 0) is 6.42 Å². The first-order valence-electron chi connectivity index (χ1n) is 11.0. The van der Waals surface area contributed by atoms with Gasteiger partial charge in [0.05, 0.1) is 22.3 Å². The van der Waals surface area contributed by atoms with E-state index >= 15 is 0 Å². The number of nitrogens with zero attached hydrogens (tertiary/aromatic N) is 6. The van der Waals surface area contributed by atoms with Crippen LogP contribution in [0.4, 0.5) is 26.1 Å². The van der Waals surface area contributed by atoms with Crippen LogP contribution < -0.4 is 11.5 Å². The van der Waals surface area contributed by atoms with Gasteiger partial charge in [0.15, 0.2) is 0 Å². The molecule has 3 aromatic heterocycles. The van der Waals surface area contributed by atoms with Crippen LogP contribution in [0, 0.1) is 27.7 Å². The second-order valence-electron chi connectivity index (χ2n) is 8.25. The Morgan fingerprint density at radius 1 is 1.05 bits per heavy atom. The fraction of sp³-hybridized carbons (Fsp3) is 0.0800. The fourth-order valence-electron chi connectivity index (χ4n) is 4.07. The molecule has 5 aromatic rings. The lowest BCUT2D eigenvalue weighted by Crippen LogP contribution is -2.14.